The highest BCUT2D eigenvalue weighted by Gasteiger charge is 2.18. The third kappa shape index (κ3) is 2.98. The monoisotopic (exact) mass is 276 g/mol. The Morgan fingerprint density at radius 1 is 0.500 bits per heavy atom. The Labute approximate surface area is 121 Å². The van der Waals surface area contributed by atoms with Crippen LogP contribution in [0.3, 0.4) is 0 Å². The Balaban J connectivity index is 1.96. The molecule has 3 rings (SSSR count). The van der Waals surface area contributed by atoms with Crippen molar-refractivity contribution in [2.45, 2.75) is 0 Å². The van der Waals surface area contributed by atoms with E-state index in [9.17, 15) is 0 Å². The summed E-state index contributed by atoms with van der Waals surface area (Å²) in [5.41, 5.74) is 0. The van der Waals surface area contributed by atoms with E-state index in [0.29, 0.717) is 0 Å². The molecule has 0 fully saturated rings. The Hall–Kier alpha value is -2.32. The summed E-state index contributed by atoms with van der Waals surface area (Å²) in [6, 6.07) is 31.1. The molecule has 3 aromatic rings. The van der Waals surface area contributed by atoms with Crippen molar-refractivity contribution >= 4 is 19.4 Å². The van der Waals surface area contributed by atoms with Crippen LogP contribution < -0.4 is 14.8 Å². The first-order valence-electron chi connectivity index (χ1n) is 6.75. The molecular weight excluding hydrogens is 260 g/mol. The molecule has 0 saturated heterocycles. The van der Waals surface area contributed by atoms with Crippen molar-refractivity contribution in [3.8, 4) is 5.75 Å². The van der Waals surface area contributed by atoms with Gasteiger partial charge in [0.25, 0.3) is 9.04 Å². The lowest BCUT2D eigenvalue weighted by atomic mass is 10.3. The van der Waals surface area contributed by atoms with Gasteiger partial charge in [0.1, 0.15) is 5.75 Å². The highest BCUT2D eigenvalue weighted by atomic mass is 28.3. The molecule has 0 N–H and O–H groups in total. The van der Waals surface area contributed by atoms with Crippen molar-refractivity contribution in [2.75, 3.05) is 0 Å². The van der Waals surface area contributed by atoms with Crippen LogP contribution in [-0.4, -0.2) is 9.04 Å². The van der Waals surface area contributed by atoms with E-state index in [-0.39, 0.29) is 0 Å². The highest BCUT2D eigenvalue weighted by molar-refractivity contribution is 6.80. The average molecular weight is 276 g/mol. The van der Waals surface area contributed by atoms with Crippen molar-refractivity contribution in [1.82, 2.24) is 0 Å². The van der Waals surface area contributed by atoms with Crippen LogP contribution in [0.4, 0.5) is 0 Å². The second kappa shape index (κ2) is 6.22. The number of rotatable bonds is 4. The van der Waals surface area contributed by atoms with Gasteiger partial charge in [-0.1, -0.05) is 78.9 Å². The van der Waals surface area contributed by atoms with Gasteiger partial charge in [-0.3, -0.25) is 0 Å². The summed E-state index contributed by atoms with van der Waals surface area (Å²) < 4.78 is 6.33. The Morgan fingerprint density at radius 3 is 1.35 bits per heavy atom. The summed E-state index contributed by atoms with van der Waals surface area (Å²) >= 11 is 0. The second-order valence-electron chi connectivity index (χ2n) is 4.63. The summed E-state index contributed by atoms with van der Waals surface area (Å²) in [7, 11) is -1.68. The van der Waals surface area contributed by atoms with Crippen LogP contribution in [0, 0.1) is 0 Å². The zero-order chi connectivity index (χ0) is 13.6. The molecule has 0 aliphatic heterocycles. The summed E-state index contributed by atoms with van der Waals surface area (Å²) in [5, 5.41) is 2.59. The number of hydrogen-bond acceptors (Lipinski definition) is 1. The summed E-state index contributed by atoms with van der Waals surface area (Å²) in [4.78, 5) is 0. The van der Waals surface area contributed by atoms with Crippen molar-refractivity contribution in [3.63, 3.8) is 0 Å². The van der Waals surface area contributed by atoms with Crippen LogP contribution in [0.2, 0.25) is 0 Å². The van der Waals surface area contributed by atoms with Crippen LogP contribution in [0.1, 0.15) is 0 Å². The van der Waals surface area contributed by atoms with E-state index < -0.39 is 9.04 Å². The van der Waals surface area contributed by atoms with E-state index in [0.717, 1.165) is 5.75 Å². The first-order chi connectivity index (χ1) is 9.93. The van der Waals surface area contributed by atoms with Gasteiger partial charge in [0.15, 0.2) is 0 Å². The molecule has 0 bridgehead atoms. The molecule has 0 heterocycles. The van der Waals surface area contributed by atoms with Crippen LogP contribution in [0.15, 0.2) is 91.0 Å². The van der Waals surface area contributed by atoms with Gasteiger partial charge in [0.05, 0.1) is 0 Å². The first-order valence-corrected chi connectivity index (χ1v) is 8.38. The molecule has 98 valence electrons. The fourth-order valence-corrected chi connectivity index (χ4v) is 4.45. The molecule has 0 saturated carbocycles. The van der Waals surface area contributed by atoms with Crippen molar-refractivity contribution in [1.29, 1.82) is 0 Å². The van der Waals surface area contributed by atoms with E-state index in [1.807, 2.05) is 42.5 Å². The minimum Gasteiger partial charge on any atom is -0.537 e. The van der Waals surface area contributed by atoms with Crippen molar-refractivity contribution in [2.24, 2.45) is 0 Å². The van der Waals surface area contributed by atoms with Crippen LogP contribution >= 0.6 is 0 Å². The molecule has 3 aromatic carbocycles. The maximum absolute atomic E-state index is 6.33. The SMILES string of the molecule is c1ccc(O[SiH](c2ccccc2)c2ccccc2)cc1. The molecular formula is C18H16OSi. The van der Waals surface area contributed by atoms with E-state index >= 15 is 0 Å². The smallest absolute Gasteiger partial charge is 0.299 e. The van der Waals surface area contributed by atoms with Crippen molar-refractivity contribution < 1.29 is 4.43 Å². The van der Waals surface area contributed by atoms with Gasteiger partial charge >= 0.3 is 0 Å². The molecule has 0 aromatic heterocycles. The molecule has 0 spiro atoms. The van der Waals surface area contributed by atoms with E-state index in [1.165, 1.54) is 10.4 Å². The Morgan fingerprint density at radius 2 is 0.900 bits per heavy atom. The summed E-state index contributed by atoms with van der Waals surface area (Å²) in [6.07, 6.45) is 0. The number of hydrogen-bond donors (Lipinski definition) is 0. The number of benzene rings is 3. The van der Waals surface area contributed by atoms with Gasteiger partial charge < -0.3 is 4.43 Å². The zero-order valence-electron chi connectivity index (χ0n) is 11.1. The predicted octanol–water partition coefficient (Wildman–Crippen LogP) is 2.60. The van der Waals surface area contributed by atoms with Gasteiger partial charge in [-0.25, -0.2) is 0 Å². The van der Waals surface area contributed by atoms with E-state index in [4.69, 9.17) is 4.43 Å². The predicted molar refractivity (Wildman–Crippen MR) is 86.4 cm³/mol. The third-order valence-electron chi connectivity index (χ3n) is 3.20. The van der Waals surface area contributed by atoms with Crippen LogP contribution in [0.5, 0.6) is 5.75 Å². The molecule has 0 aliphatic carbocycles. The fraction of sp³-hybridized carbons (Fsp3) is 0. The third-order valence-corrected chi connectivity index (χ3v) is 5.69. The van der Waals surface area contributed by atoms with Gasteiger partial charge in [-0.05, 0) is 22.5 Å². The molecule has 0 atom stereocenters. The van der Waals surface area contributed by atoms with Crippen LogP contribution in [0.25, 0.3) is 0 Å². The Kier molecular flexibility index (Phi) is 3.95. The summed E-state index contributed by atoms with van der Waals surface area (Å²) in [6.45, 7) is 0. The molecule has 0 unspecified atom stereocenters. The normalized spacial score (nSPS) is 10.4. The quantitative estimate of drug-likeness (QED) is 0.666. The number of para-hydroxylation sites is 1. The standard InChI is InChI=1S/C18H16OSi/c1-4-10-16(11-5-1)19-20(17-12-6-2-7-13-17)18-14-8-3-9-15-18/h1-15,20H. The average Bonchev–Trinajstić information content (AvgIpc) is 2.55. The lowest BCUT2D eigenvalue weighted by Crippen LogP contribution is -2.47. The maximum atomic E-state index is 6.33. The maximum Gasteiger partial charge on any atom is 0.299 e. The van der Waals surface area contributed by atoms with Gasteiger partial charge in [-0.15, -0.1) is 0 Å². The highest BCUT2D eigenvalue weighted by Crippen LogP contribution is 2.10. The molecule has 20 heavy (non-hydrogen) atoms. The molecule has 0 amide bonds. The zero-order valence-corrected chi connectivity index (χ0v) is 12.3. The molecule has 2 heteroatoms. The Bertz CT molecular complexity index is 599. The molecule has 0 aliphatic rings. The van der Waals surface area contributed by atoms with Gasteiger partial charge in [0.2, 0.25) is 0 Å². The molecule has 1 nitrogen and oxygen atoms in total. The molecule has 0 radical (unpaired) electrons. The lowest BCUT2D eigenvalue weighted by Gasteiger charge is -2.18. The van der Waals surface area contributed by atoms with Crippen LogP contribution in [-0.2, 0) is 0 Å². The van der Waals surface area contributed by atoms with E-state index in [1.54, 1.807) is 0 Å². The first kappa shape index (κ1) is 12.7. The topological polar surface area (TPSA) is 9.23 Å². The second-order valence-corrected chi connectivity index (χ2v) is 6.96. The largest absolute Gasteiger partial charge is 0.537 e. The van der Waals surface area contributed by atoms with E-state index in [2.05, 4.69) is 48.5 Å². The minimum absolute atomic E-state index is 0.942. The minimum atomic E-state index is -1.68. The van der Waals surface area contributed by atoms with Crippen molar-refractivity contribution in [3.05, 3.63) is 91.0 Å². The van der Waals surface area contributed by atoms with Gasteiger partial charge in [-0.2, -0.15) is 0 Å². The van der Waals surface area contributed by atoms with Gasteiger partial charge in [0, 0.05) is 0 Å². The lowest BCUT2D eigenvalue weighted by molar-refractivity contribution is 0.592. The fourth-order valence-electron chi connectivity index (χ4n) is 2.22. The summed E-state index contributed by atoms with van der Waals surface area (Å²) in [5.74, 6) is 0.942.